The summed E-state index contributed by atoms with van der Waals surface area (Å²) in [5, 5.41) is 0. The average molecular weight is 300 g/mol. The highest BCUT2D eigenvalue weighted by Crippen LogP contribution is 2.28. The Labute approximate surface area is 105 Å². The van der Waals surface area contributed by atoms with Gasteiger partial charge in [-0.2, -0.15) is 0 Å². The molecule has 0 unspecified atom stereocenters. The van der Waals surface area contributed by atoms with E-state index in [1.54, 1.807) is 12.3 Å². The zero-order valence-electron chi connectivity index (χ0n) is 8.88. The minimum atomic E-state index is -0.691. The summed E-state index contributed by atoms with van der Waals surface area (Å²) in [6, 6.07) is 4.77. The van der Waals surface area contributed by atoms with Gasteiger partial charge in [0.2, 0.25) is 5.88 Å². The Morgan fingerprint density at radius 1 is 1.12 bits per heavy atom. The summed E-state index contributed by atoms with van der Waals surface area (Å²) >= 11 is 3.27. The number of hydrogen-bond acceptors (Lipinski definition) is 2. The van der Waals surface area contributed by atoms with Crippen LogP contribution < -0.4 is 4.74 Å². The number of halogens is 3. The first-order valence-corrected chi connectivity index (χ1v) is 5.60. The number of benzene rings is 1. The van der Waals surface area contributed by atoms with Gasteiger partial charge in [0.05, 0.1) is 4.47 Å². The second kappa shape index (κ2) is 4.79. The van der Waals surface area contributed by atoms with Gasteiger partial charge < -0.3 is 4.74 Å². The first kappa shape index (κ1) is 12.0. The molecule has 0 aliphatic carbocycles. The summed E-state index contributed by atoms with van der Waals surface area (Å²) in [6.45, 7) is 1.88. The Hall–Kier alpha value is -1.49. The fourth-order valence-corrected chi connectivity index (χ4v) is 1.84. The molecule has 0 aliphatic heterocycles. The van der Waals surface area contributed by atoms with Crippen LogP contribution in [0.15, 0.2) is 34.9 Å². The highest BCUT2D eigenvalue weighted by atomic mass is 79.9. The number of nitrogens with zero attached hydrogens (tertiary/aromatic N) is 1. The van der Waals surface area contributed by atoms with Crippen molar-refractivity contribution < 1.29 is 13.5 Å². The quantitative estimate of drug-likeness (QED) is 0.828. The van der Waals surface area contributed by atoms with E-state index in [1.165, 1.54) is 0 Å². The third kappa shape index (κ3) is 3.00. The maximum absolute atomic E-state index is 12.9. The molecule has 2 aromatic rings. The summed E-state index contributed by atoms with van der Waals surface area (Å²) in [7, 11) is 0. The van der Waals surface area contributed by atoms with Crippen LogP contribution in [0.25, 0.3) is 0 Å². The van der Waals surface area contributed by atoms with E-state index in [1.807, 2.05) is 6.92 Å². The summed E-state index contributed by atoms with van der Waals surface area (Å²) in [5.41, 5.74) is 0.953. The van der Waals surface area contributed by atoms with E-state index >= 15 is 0 Å². The predicted molar refractivity (Wildman–Crippen MR) is 63.1 cm³/mol. The molecule has 0 bridgehead atoms. The normalized spacial score (nSPS) is 10.4. The van der Waals surface area contributed by atoms with E-state index < -0.39 is 11.6 Å². The molecule has 0 saturated carbocycles. The van der Waals surface area contributed by atoms with Crippen molar-refractivity contribution in [2.24, 2.45) is 0 Å². The molecule has 17 heavy (non-hydrogen) atoms. The van der Waals surface area contributed by atoms with Gasteiger partial charge in [-0.15, -0.1) is 0 Å². The van der Waals surface area contributed by atoms with Gasteiger partial charge >= 0.3 is 0 Å². The molecule has 5 heteroatoms. The van der Waals surface area contributed by atoms with E-state index in [9.17, 15) is 8.78 Å². The third-order valence-corrected chi connectivity index (χ3v) is 2.56. The van der Waals surface area contributed by atoms with Crippen LogP contribution in [0.2, 0.25) is 0 Å². The van der Waals surface area contributed by atoms with Crippen LogP contribution in [0.3, 0.4) is 0 Å². The minimum absolute atomic E-state index is 0.0690. The van der Waals surface area contributed by atoms with E-state index in [0.29, 0.717) is 4.47 Å². The van der Waals surface area contributed by atoms with Gasteiger partial charge in [0, 0.05) is 24.4 Å². The molecule has 0 saturated heterocycles. The number of aryl methyl sites for hydroxylation is 1. The zero-order chi connectivity index (χ0) is 12.4. The Balaban J connectivity index is 2.31. The first-order valence-electron chi connectivity index (χ1n) is 4.81. The molecule has 0 spiro atoms. The molecule has 0 atom stereocenters. The van der Waals surface area contributed by atoms with Crippen LogP contribution in [-0.4, -0.2) is 4.98 Å². The van der Waals surface area contributed by atoms with Crippen molar-refractivity contribution in [2.45, 2.75) is 6.92 Å². The van der Waals surface area contributed by atoms with Gasteiger partial charge in [0.15, 0.2) is 0 Å². The number of aromatic nitrogens is 1. The molecule has 0 fully saturated rings. The molecular formula is C12H8BrF2NO. The fraction of sp³-hybridized carbons (Fsp3) is 0.0833. The monoisotopic (exact) mass is 299 g/mol. The molecule has 2 rings (SSSR count). The second-order valence-electron chi connectivity index (χ2n) is 3.51. The maximum Gasteiger partial charge on any atom is 0.233 e. The highest BCUT2D eigenvalue weighted by Gasteiger charge is 2.07. The summed E-state index contributed by atoms with van der Waals surface area (Å²) in [6.07, 6.45) is 1.61. The topological polar surface area (TPSA) is 22.1 Å². The maximum atomic E-state index is 12.9. The summed E-state index contributed by atoms with van der Waals surface area (Å²) in [4.78, 5) is 4.02. The SMILES string of the molecule is Cc1cnc(Oc2cc(F)cc(F)c2)c(Br)c1. The molecule has 88 valence electrons. The van der Waals surface area contributed by atoms with Crippen molar-refractivity contribution in [3.63, 3.8) is 0 Å². The van der Waals surface area contributed by atoms with Gasteiger partial charge in [-0.3, -0.25) is 0 Å². The van der Waals surface area contributed by atoms with Gasteiger partial charge in [0.1, 0.15) is 17.4 Å². The van der Waals surface area contributed by atoms with Gasteiger partial charge in [-0.25, -0.2) is 13.8 Å². The van der Waals surface area contributed by atoms with Crippen LogP contribution >= 0.6 is 15.9 Å². The standard InChI is InChI=1S/C12H8BrF2NO/c1-7-2-11(13)12(16-6-7)17-10-4-8(14)3-9(15)5-10/h2-6H,1H3. The van der Waals surface area contributed by atoms with Crippen molar-refractivity contribution in [3.8, 4) is 11.6 Å². The van der Waals surface area contributed by atoms with Crippen LogP contribution in [0.1, 0.15) is 5.56 Å². The molecule has 1 heterocycles. The van der Waals surface area contributed by atoms with Crippen molar-refractivity contribution >= 4 is 15.9 Å². The highest BCUT2D eigenvalue weighted by molar-refractivity contribution is 9.10. The molecule has 0 amide bonds. The van der Waals surface area contributed by atoms with Crippen LogP contribution in [0.4, 0.5) is 8.78 Å². The van der Waals surface area contributed by atoms with Gasteiger partial charge in [-0.05, 0) is 34.5 Å². The molecule has 0 N–H and O–H groups in total. The smallest absolute Gasteiger partial charge is 0.233 e. The first-order chi connectivity index (χ1) is 8.04. The number of rotatable bonds is 2. The fourth-order valence-electron chi connectivity index (χ4n) is 1.30. The Morgan fingerprint density at radius 2 is 1.76 bits per heavy atom. The minimum Gasteiger partial charge on any atom is -0.438 e. The Kier molecular flexibility index (Phi) is 3.38. The lowest BCUT2D eigenvalue weighted by atomic mass is 10.3. The lowest BCUT2D eigenvalue weighted by Gasteiger charge is -2.07. The van der Waals surface area contributed by atoms with E-state index in [0.717, 1.165) is 23.8 Å². The molecule has 0 radical (unpaired) electrons. The van der Waals surface area contributed by atoms with Crippen LogP contribution in [0.5, 0.6) is 11.6 Å². The van der Waals surface area contributed by atoms with Crippen LogP contribution in [0, 0.1) is 18.6 Å². The number of hydrogen-bond donors (Lipinski definition) is 0. The Bertz CT molecular complexity index is 540. The van der Waals surface area contributed by atoms with Crippen LogP contribution in [-0.2, 0) is 0 Å². The molecule has 1 aromatic carbocycles. The summed E-state index contributed by atoms with van der Waals surface area (Å²) < 4.78 is 31.8. The van der Waals surface area contributed by atoms with Crippen molar-refractivity contribution in [2.75, 3.05) is 0 Å². The second-order valence-corrected chi connectivity index (χ2v) is 4.36. The largest absolute Gasteiger partial charge is 0.438 e. The molecular weight excluding hydrogens is 292 g/mol. The lowest BCUT2D eigenvalue weighted by Crippen LogP contribution is -1.91. The zero-order valence-corrected chi connectivity index (χ0v) is 10.5. The van der Waals surface area contributed by atoms with E-state index in [2.05, 4.69) is 20.9 Å². The molecule has 2 nitrogen and oxygen atoms in total. The van der Waals surface area contributed by atoms with Crippen molar-refractivity contribution in [1.29, 1.82) is 0 Å². The average Bonchev–Trinajstić information content (AvgIpc) is 2.21. The number of ether oxygens (including phenoxy) is 1. The van der Waals surface area contributed by atoms with Crippen molar-refractivity contribution in [1.82, 2.24) is 4.98 Å². The molecule has 1 aromatic heterocycles. The van der Waals surface area contributed by atoms with Gasteiger partial charge in [-0.1, -0.05) is 0 Å². The lowest BCUT2D eigenvalue weighted by molar-refractivity contribution is 0.448. The Morgan fingerprint density at radius 3 is 2.35 bits per heavy atom. The molecule has 0 aliphatic rings. The summed E-state index contributed by atoms with van der Waals surface area (Å²) in [5.74, 6) is -1.05. The van der Waals surface area contributed by atoms with Crippen molar-refractivity contribution in [3.05, 3.63) is 52.1 Å². The third-order valence-electron chi connectivity index (χ3n) is 1.99. The van der Waals surface area contributed by atoms with E-state index in [-0.39, 0.29) is 11.6 Å². The van der Waals surface area contributed by atoms with E-state index in [4.69, 9.17) is 4.74 Å². The van der Waals surface area contributed by atoms with Gasteiger partial charge in [0.25, 0.3) is 0 Å². The number of pyridine rings is 1. The predicted octanol–water partition coefficient (Wildman–Crippen LogP) is 4.22.